The fourth-order valence-electron chi connectivity index (χ4n) is 6.89. The number of hydrogen-bond acceptors (Lipinski definition) is 4. The largest absolute Gasteiger partial charge is 0.458 e. The van der Waals surface area contributed by atoms with Gasteiger partial charge >= 0.3 is 11.9 Å². The maximum Gasteiger partial charge on any atom is 0.338 e. The maximum atomic E-state index is 13.2. The molecule has 2 saturated carbocycles. The molecular formula is C38H46O4. The average Bonchev–Trinajstić information content (AvgIpc) is 3.07. The fourth-order valence-corrected chi connectivity index (χ4v) is 6.89. The van der Waals surface area contributed by atoms with Gasteiger partial charge in [0.05, 0.1) is 11.1 Å². The van der Waals surface area contributed by atoms with Crippen LogP contribution in [0.2, 0.25) is 0 Å². The third-order valence-corrected chi connectivity index (χ3v) is 9.87. The van der Waals surface area contributed by atoms with Gasteiger partial charge in [-0.15, -0.1) is 0 Å². The summed E-state index contributed by atoms with van der Waals surface area (Å²) in [6.45, 7) is 4.52. The Kier molecular flexibility index (Phi) is 10.5. The molecule has 0 bridgehead atoms. The van der Waals surface area contributed by atoms with Gasteiger partial charge in [0.25, 0.3) is 0 Å². The molecule has 0 radical (unpaired) electrons. The summed E-state index contributed by atoms with van der Waals surface area (Å²) >= 11 is 0. The van der Waals surface area contributed by atoms with Gasteiger partial charge in [0.2, 0.25) is 0 Å². The highest BCUT2D eigenvalue weighted by atomic mass is 16.6. The van der Waals surface area contributed by atoms with Crippen molar-refractivity contribution < 1.29 is 19.1 Å². The number of carbonyl (C=O) groups is 2. The van der Waals surface area contributed by atoms with E-state index in [2.05, 4.69) is 38.1 Å². The molecule has 3 aromatic rings. The monoisotopic (exact) mass is 566 g/mol. The maximum absolute atomic E-state index is 13.2. The molecule has 2 aliphatic rings. The Hall–Kier alpha value is -3.40. The summed E-state index contributed by atoms with van der Waals surface area (Å²) in [7, 11) is 0. The van der Waals surface area contributed by atoms with E-state index in [-0.39, 0.29) is 6.61 Å². The normalized spacial score (nSPS) is 23.1. The molecule has 1 unspecified atom stereocenters. The van der Waals surface area contributed by atoms with Crippen LogP contribution in [-0.4, -0.2) is 18.5 Å². The lowest BCUT2D eigenvalue weighted by Crippen LogP contribution is -2.19. The van der Waals surface area contributed by atoms with Crippen molar-refractivity contribution in [3.05, 3.63) is 107 Å². The lowest BCUT2D eigenvalue weighted by atomic mass is 9.78. The van der Waals surface area contributed by atoms with Crippen LogP contribution in [0.4, 0.5) is 0 Å². The summed E-state index contributed by atoms with van der Waals surface area (Å²) in [5.74, 6) is 2.04. The first-order valence-electron chi connectivity index (χ1n) is 16.2. The standard InChI is InChI=1S/C38H46O4/c1-3-27-10-14-29(15-11-27)31-18-22-34(23-19-31)37(39)41-26-36(33-8-6-5-7-9-33)42-38(40)35-24-20-32(21-25-35)30-16-12-28(4-2)13-17-30/h5-9,18-25,27-30,36H,3-4,10-17,26H2,1-2H3. The first-order chi connectivity index (χ1) is 20.5. The van der Waals surface area contributed by atoms with Crippen LogP contribution < -0.4 is 0 Å². The Labute approximate surface area is 251 Å². The Bertz CT molecular complexity index is 1260. The summed E-state index contributed by atoms with van der Waals surface area (Å²) in [6, 6.07) is 25.2. The summed E-state index contributed by atoms with van der Waals surface area (Å²) in [4.78, 5) is 26.1. The Balaban J connectivity index is 1.18. The van der Waals surface area contributed by atoms with Gasteiger partial charge in [0, 0.05) is 0 Å². The van der Waals surface area contributed by atoms with Crippen LogP contribution in [0.1, 0.15) is 133 Å². The zero-order valence-electron chi connectivity index (χ0n) is 25.3. The second-order valence-corrected chi connectivity index (χ2v) is 12.4. The van der Waals surface area contributed by atoms with Crippen molar-refractivity contribution in [3.63, 3.8) is 0 Å². The molecule has 4 nitrogen and oxygen atoms in total. The van der Waals surface area contributed by atoms with Crippen molar-refractivity contribution in [2.24, 2.45) is 11.8 Å². The van der Waals surface area contributed by atoms with E-state index in [1.807, 2.05) is 54.6 Å². The molecular weight excluding hydrogens is 520 g/mol. The minimum absolute atomic E-state index is 0.0455. The molecule has 0 amide bonds. The highest BCUT2D eigenvalue weighted by Gasteiger charge is 2.24. The highest BCUT2D eigenvalue weighted by molar-refractivity contribution is 5.90. The van der Waals surface area contributed by atoms with Crippen molar-refractivity contribution in [1.29, 1.82) is 0 Å². The lowest BCUT2D eigenvalue weighted by Gasteiger charge is -2.28. The minimum atomic E-state index is -0.695. The molecule has 1 atom stereocenters. The van der Waals surface area contributed by atoms with Gasteiger partial charge in [-0.2, -0.15) is 0 Å². The minimum Gasteiger partial charge on any atom is -0.458 e. The number of rotatable bonds is 10. The van der Waals surface area contributed by atoms with Crippen molar-refractivity contribution in [1.82, 2.24) is 0 Å². The van der Waals surface area contributed by atoms with E-state index in [1.54, 1.807) is 0 Å². The number of benzene rings is 3. The van der Waals surface area contributed by atoms with Crippen molar-refractivity contribution in [3.8, 4) is 0 Å². The third-order valence-electron chi connectivity index (χ3n) is 9.87. The summed E-state index contributed by atoms with van der Waals surface area (Å²) in [5, 5.41) is 0. The molecule has 0 heterocycles. The Morgan fingerprint density at radius 2 is 1.07 bits per heavy atom. The van der Waals surface area contributed by atoms with Crippen molar-refractivity contribution in [2.45, 2.75) is 96.0 Å². The van der Waals surface area contributed by atoms with Gasteiger partial charge < -0.3 is 9.47 Å². The summed E-state index contributed by atoms with van der Waals surface area (Å²) in [6.07, 6.45) is 11.8. The number of carbonyl (C=O) groups excluding carboxylic acids is 2. The summed E-state index contributed by atoms with van der Waals surface area (Å²) in [5.41, 5.74) is 4.42. The molecule has 0 saturated heterocycles. The number of hydrogen-bond donors (Lipinski definition) is 0. The van der Waals surface area contributed by atoms with Gasteiger partial charge in [-0.25, -0.2) is 9.59 Å². The van der Waals surface area contributed by atoms with E-state index in [0.29, 0.717) is 23.0 Å². The van der Waals surface area contributed by atoms with Crippen LogP contribution in [0.3, 0.4) is 0 Å². The van der Waals surface area contributed by atoms with E-state index in [9.17, 15) is 9.59 Å². The summed E-state index contributed by atoms with van der Waals surface area (Å²) < 4.78 is 11.6. The van der Waals surface area contributed by atoms with Crippen molar-refractivity contribution in [2.75, 3.05) is 6.61 Å². The zero-order chi connectivity index (χ0) is 29.3. The van der Waals surface area contributed by atoms with Gasteiger partial charge in [0.15, 0.2) is 6.10 Å². The van der Waals surface area contributed by atoms with Gasteiger partial charge in [0.1, 0.15) is 6.61 Å². The van der Waals surface area contributed by atoms with Crippen LogP contribution in [0.15, 0.2) is 78.9 Å². The van der Waals surface area contributed by atoms with E-state index in [4.69, 9.17) is 9.47 Å². The molecule has 3 aromatic carbocycles. The molecule has 2 fully saturated rings. The molecule has 0 spiro atoms. The van der Waals surface area contributed by atoms with Crippen LogP contribution in [0.5, 0.6) is 0 Å². The quantitative estimate of drug-likeness (QED) is 0.229. The average molecular weight is 567 g/mol. The molecule has 4 heteroatoms. The van der Waals surface area contributed by atoms with E-state index in [1.165, 1.54) is 75.3 Å². The van der Waals surface area contributed by atoms with Crippen molar-refractivity contribution >= 4 is 11.9 Å². The smallest absolute Gasteiger partial charge is 0.338 e. The molecule has 5 rings (SSSR count). The van der Waals surface area contributed by atoms with Gasteiger partial charge in [-0.3, -0.25) is 0 Å². The number of ether oxygens (including phenoxy) is 2. The molecule has 0 aromatic heterocycles. The second-order valence-electron chi connectivity index (χ2n) is 12.4. The Morgan fingerprint density at radius 1 is 0.619 bits per heavy atom. The van der Waals surface area contributed by atoms with Crippen LogP contribution in [0, 0.1) is 11.8 Å². The molecule has 2 aliphatic carbocycles. The first-order valence-corrected chi connectivity index (χ1v) is 16.2. The van der Waals surface area contributed by atoms with Crippen LogP contribution >= 0.6 is 0 Å². The zero-order valence-corrected chi connectivity index (χ0v) is 25.3. The van der Waals surface area contributed by atoms with E-state index in [0.717, 1.165) is 17.4 Å². The lowest BCUT2D eigenvalue weighted by molar-refractivity contribution is -0.00134. The van der Waals surface area contributed by atoms with Gasteiger partial charge in [-0.1, -0.05) is 81.3 Å². The van der Waals surface area contributed by atoms with Gasteiger partial charge in [-0.05, 0) is 116 Å². The number of esters is 2. The van der Waals surface area contributed by atoms with Crippen LogP contribution in [-0.2, 0) is 9.47 Å². The topological polar surface area (TPSA) is 52.6 Å². The van der Waals surface area contributed by atoms with E-state index < -0.39 is 18.0 Å². The highest BCUT2D eigenvalue weighted by Crippen LogP contribution is 2.38. The molecule has 42 heavy (non-hydrogen) atoms. The Morgan fingerprint density at radius 3 is 1.52 bits per heavy atom. The second kappa shape index (κ2) is 14.7. The molecule has 222 valence electrons. The predicted octanol–water partition coefficient (Wildman–Crippen LogP) is 9.81. The molecule has 0 N–H and O–H groups in total. The predicted molar refractivity (Wildman–Crippen MR) is 168 cm³/mol. The fraction of sp³-hybridized carbons (Fsp3) is 0.474. The SMILES string of the molecule is CCC1CCC(c2ccc(C(=O)OCC(OC(=O)c3ccc(C4CCC(CC)CC4)cc3)c3ccccc3)cc2)CC1. The van der Waals surface area contributed by atoms with Crippen LogP contribution in [0.25, 0.3) is 0 Å². The third kappa shape index (κ3) is 7.70. The first kappa shape index (κ1) is 30.1. The van der Waals surface area contributed by atoms with E-state index >= 15 is 0 Å². The molecule has 0 aliphatic heterocycles.